The van der Waals surface area contributed by atoms with E-state index in [0.717, 1.165) is 0 Å². The van der Waals surface area contributed by atoms with Crippen molar-refractivity contribution >= 4 is 27.4 Å². The zero-order chi connectivity index (χ0) is 23.3. The molecule has 2 aliphatic rings. The number of aromatic nitrogens is 2. The lowest BCUT2D eigenvalue weighted by molar-refractivity contribution is 0.0984. The summed E-state index contributed by atoms with van der Waals surface area (Å²) in [7, 11) is -2.05. The first-order valence-electron chi connectivity index (χ1n) is 10.3. The molecular formula is C21H26FN5O4S. The number of halogens is 1. The molecule has 2 N–H and O–H groups in total. The van der Waals surface area contributed by atoms with E-state index in [-0.39, 0.29) is 23.3 Å². The molecule has 32 heavy (non-hydrogen) atoms. The largest absolute Gasteiger partial charge is 0.377 e. The van der Waals surface area contributed by atoms with Crippen molar-refractivity contribution in [1.29, 1.82) is 0 Å². The number of carbonyl (C=O) groups is 1. The molecule has 0 saturated carbocycles. The van der Waals surface area contributed by atoms with E-state index in [9.17, 15) is 17.6 Å². The van der Waals surface area contributed by atoms with Crippen LogP contribution in [0.4, 0.5) is 20.7 Å². The van der Waals surface area contributed by atoms with Crippen molar-refractivity contribution in [2.24, 2.45) is 0 Å². The van der Waals surface area contributed by atoms with Crippen molar-refractivity contribution in [3.8, 4) is 11.4 Å². The standard InChI is InChI=1S/C21H26FN5O4S/c1-12-10-31-8-7-27(12)19-14-11-32(29,30)21(2,3)17(14)25-18(26-19)13-5-6-16(15(22)9-13)24-20(28)23-4/h5-6,9,12H,7-8,10-11H2,1-4H3,(H2,23,24,28). The van der Waals surface area contributed by atoms with Crippen LogP contribution in [0.2, 0.25) is 0 Å². The number of carbonyl (C=O) groups excluding carboxylic acids is 1. The van der Waals surface area contributed by atoms with Crippen LogP contribution in [-0.2, 0) is 25.1 Å². The molecule has 2 aliphatic heterocycles. The molecule has 1 aromatic carbocycles. The number of urea groups is 1. The van der Waals surface area contributed by atoms with Gasteiger partial charge >= 0.3 is 6.03 Å². The van der Waals surface area contributed by atoms with Crippen molar-refractivity contribution in [1.82, 2.24) is 15.3 Å². The Kier molecular flexibility index (Phi) is 5.58. The van der Waals surface area contributed by atoms with Crippen LogP contribution in [0.5, 0.6) is 0 Å². The summed E-state index contributed by atoms with van der Waals surface area (Å²) < 4.78 is 44.8. The second-order valence-corrected chi connectivity index (χ2v) is 11.0. The van der Waals surface area contributed by atoms with E-state index >= 15 is 0 Å². The van der Waals surface area contributed by atoms with Crippen molar-refractivity contribution < 1.29 is 22.3 Å². The van der Waals surface area contributed by atoms with Gasteiger partial charge in [-0.1, -0.05) is 0 Å². The molecule has 4 rings (SSSR count). The average Bonchev–Trinajstić information content (AvgIpc) is 2.93. The van der Waals surface area contributed by atoms with Crippen molar-refractivity contribution in [2.75, 3.05) is 37.0 Å². The molecule has 0 aliphatic carbocycles. The van der Waals surface area contributed by atoms with E-state index in [1.54, 1.807) is 19.9 Å². The number of hydrogen-bond acceptors (Lipinski definition) is 7. The van der Waals surface area contributed by atoms with Crippen LogP contribution in [0.3, 0.4) is 0 Å². The lowest BCUT2D eigenvalue weighted by Crippen LogP contribution is -2.44. The first kappa shape index (κ1) is 22.4. The van der Waals surface area contributed by atoms with E-state index < -0.39 is 26.4 Å². The first-order valence-corrected chi connectivity index (χ1v) is 12.0. The topological polar surface area (TPSA) is 114 Å². The van der Waals surface area contributed by atoms with Gasteiger partial charge < -0.3 is 20.3 Å². The Balaban J connectivity index is 1.85. The van der Waals surface area contributed by atoms with Crippen LogP contribution in [0, 0.1) is 5.82 Å². The molecule has 11 heteroatoms. The number of sulfone groups is 1. The monoisotopic (exact) mass is 463 g/mol. The Labute approximate surface area is 186 Å². The molecule has 172 valence electrons. The summed E-state index contributed by atoms with van der Waals surface area (Å²) in [6, 6.07) is 3.71. The molecule has 2 aromatic rings. The third-order valence-corrected chi connectivity index (χ3v) is 8.43. The second kappa shape index (κ2) is 7.96. The number of benzene rings is 1. The Bertz CT molecular complexity index is 1180. The van der Waals surface area contributed by atoms with Gasteiger partial charge in [0, 0.05) is 24.7 Å². The van der Waals surface area contributed by atoms with Crippen LogP contribution in [0.25, 0.3) is 11.4 Å². The molecule has 1 aromatic heterocycles. The molecule has 1 fully saturated rings. The number of ether oxygens (including phenoxy) is 1. The summed E-state index contributed by atoms with van der Waals surface area (Å²) in [5.41, 5.74) is 1.42. The highest BCUT2D eigenvalue weighted by atomic mass is 32.2. The Morgan fingerprint density at radius 2 is 2.06 bits per heavy atom. The van der Waals surface area contributed by atoms with Crippen LogP contribution >= 0.6 is 0 Å². The smallest absolute Gasteiger partial charge is 0.319 e. The lowest BCUT2D eigenvalue weighted by atomic mass is 10.0. The highest BCUT2D eigenvalue weighted by molar-refractivity contribution is 7.91. The summed E-state index contributed by atoms with van der Waals surface area (Å²) in [6.07, 6.45) is 0. The minimum absolute atomic E-state index is 0.00196. The fourth-order valence-electron chi connectivity index (χ4n) is 3.97. The second-order valence-electron chi connectivity index (χ2n) is 8.48. The zero-order valence-electron chi connectivity index (χ0n) is 18.4. The van der Waals surface area contributed by atoms with Gasteiger partial charge in [0.15, 0.2) is 15.7 Å². The Morgan fingerprint density at radius 1 is 1.31 bits per heavy atom. The van der Waals surface area contributed by atoms with Gasteiger partial charge in [-0.25, -0.2) is 27.6 Å². The third kappa shape index (κ3) is 3.69. The maximum atomic E-state index is 14.7. The van der Waals surface area contributed by atoms with Gasteiger partial charge in [0.1, 0.15) is 16.4 Å². The van der Waals surface area contributed by atoms with Gasteiger partial charge in [-0.05, 0) is 39.0 Å². The fourth-order valence-corrected chi connectivity index (χ4v) is 5.44. The minimum Gasteiger partial charge on any atom is -0.377 e. The van der Waals surface area contributed by atoms with Crippen LogP contribution < -0.4 is 15.5 Å². The van der Waals surface area contributed by atoms with E-state index in [1.165, 1.54) is 19.2 Å². The van der Waals surface area contributed by atoms with Crippen LogP contribution in [0.15, 0.2) is 18.2 Å². The van der Waals surface area contributed by atoms with Gasteiger partial charge in [0.25, 0.3) is 0 Å². The zero-order valence-corrected chi connectivity index (χ0v) is 19.2. The SMILES string of the molecule is CNC(=O)Nc1ccc(-c2nc(N3CCOCC3C)c3c(n2)C(C)(C)S(=O)(=O)C3)cc1F. The molecule has 1 atom stereocenters. The maximum absolute atomic E-state index is 14.7. The van der Waals surface area contributed by atoms with Gasteiger partial charge in [-0.15, -0.1) is 0 Å². The summed E-state index contributed by atoms with van der Waals surface area (Å²) in [4.78, 5) is 22.8. The number of nitrogens with one attached hydrogen (secondary N) is 2. The third-order valence-electron chi connectivity index (χ3n) is 6.01. The summed E-state index contributed by atoms with van der Waals surface area (Å²) >= 11 is 0. The number of anilines is 2. The lowest BCUT2D eigenvalue weighted by Gasteiger charge is -2.35. The van der Waals surface area contributed by atoms with Crippen molar-refractivity contribution in [2.45, 2.75) is 37.3 Å². The van der Waals surface area contributed by atoms with Crippen molar-refractivity contribution in [3.63, 3.8) is 0 Å². The van der Waals surface area contributed by atoms with E-state index in [4.69, 9.17) is 9.72 Å². The maximum Gasteiger partial charge on any atom is 0.319 e. The van der Waals surface area contributed by atoms with Crippen LogP contribution in [0.1, 0.15) is 32.0 Å². The highest BCUT2D eigenvalue weighted by Gasteiger charge is 2.48. The average molecular weight is 464 g/mol. The number of morpholine rings is 1. The molecule has 9 nitrogen and oxygen atoms in total. The summed E-state index contributed by atoms with van der Waals surface area (Å²) in [5.74, 6) is -0.0162. The van der Waals surface area contributed by atoms with Gasteiger partial charge in [0.2, 0.25) is 0 Å². The van der Waals surface area contributed by atoms with Gasteiger partial charge in [-0.3, -0.25) is 0 Å². The predicted molar refractivity (Wildman–Crippen MR) is 119 cm³/mol. The van der Waals surface area contributed by atoms with E-state index in [2.05, 4.69) is 15.6 Å². The molecule has 1 saturated heterocycles. The normalized spacial score (nSPS) is 21.2. The van der Waals surface area contributed by atoms with E-state index in [1.807, 2.05) is 11.8 Å². The number of nitrogens with zero attached hydrogens (tertiary/aromatic N) is 3. The molecule has 1 unspecified atom stereocenters. The fraction of sp³-hybridized carbons (Fsp3) is 0.476. The highest BCUT2D eigenvalue weighted by Crippen LogP contribution is 2.45. The number of amides is 2. The quantitative estimate of drug-likeness (QED) is 0.719. The van der Waals surface area contributed by atoms with Gasteiger partial charge in [0.05, 0.1) is 36.4 Å². The minimum atomic E-state index is -3.48. The number of fused-ring (bicyclic) bond motifs is 1. The molecule has 0 spiro atoms. The Hall–Kier alpha value is -2.79. The van der Waals surface area contributed by atoms with Crippen molar-refractivity contribution in [3.05, 3.63) is 35.3 Å². The predicted octanol–water partition coefficient (Wildman–Crippen LogP) is 2.42. The molecular weight excluding hydrogens is 437 g/mol. The molecule has 2 amide bonds. The summed E-state index contributed by atoms with van der Waals surface area (Å²) in [5, 5.41) is 4.77. The van der Waals surface area contributed by atoms with Gasteiger partial charge in [-0.2, -0.15) is 0 Å². The molecule has 0 bridgehead atoms. The number of rotatable bonds is 3. The number of hydrogen-bond donors (Lipinski definition) is 2. The Morgan fingerprint density at radius 3 is 2.72 bits per heavy atom. The molecule has 3 heterocycles. The first-order chi connectivity index (χ1) is 15.0. The molecule has 0 radical (unpaired) electrons. The van der Waals surface area contributed by atoms with Crippen LogP contribution in [-0.4, -0.2) is 57.3 Å². The summed E-state index contributed by atoms with van der Waals surface area (Å²) in [6.45, 7) is 6.82. The van der Waals surface area contributed by atoms with E-state index in [0.29, 0.717) is 42.4 Å².